The molecule has 0 aliphatic rings. The van der Waals surface area contributed by atoms with Gasteiger partial charge in [0, 0.05) is 18.4 Å². The van der Waals surface area contributed by atoms with Crippen LogP contribution in [0.5, 0.6) is 5.75 Å². The highest BCUT2D eigenvalue weighted by atomic mass is 35.5. The van der Waals surface area contributed by atoms with E-state index < -0.39 is 6.80 Å². The fourth-order valence-electron chi connectivity index (χ4n) is 1.60. The third-order valence-electron chi connectivity index (χ3n) is 2.51. The number of halogens is 2. The van der Waals surface area contributed by atoms with E-state index in [0.717, 1.165) is 23.4 Å². The first kappa shape index (κ1) is 20.7. The van der Waals surface area contributed by atoms with Gasteiger partial charge in [-0.3, -0.25) is 4.52 Å². The first-order valence-electron chi connectivity index (χ1n) is 7.07. The second-order valence-electron chi connectivity index (χ2n) is 4.35. The van der Waals surface area contributed by atoms with E-state index in [4.69, 9.17) is 32.2 Å². The van der Waals surface area contributed by atoms with Crippen LogP contribution in [0.4, 0.5) is 0 Å². The summed E-state index contributed by atoms with van der Waals surface area (Å²) in [5, 5.41) is 4.20. The van der Waals surface area contributed by atoms with E-state index in [1.807, 2.05) is 6.92 Å². The Bertz CT molecular complexity index is 563. The van der Waals surface area contributed by atoms with Crippen LogP contribution in [0.3, 0.4) is 0 Å². The topological polar surface area (TPSA) is 57.1 Å². The Hall–Kier alpha value is -0.390. The van der Waals surface area contributed by atoms with Crippen LogP contribution in [0, 0.1) is 0 Å². The lowest BCUT2D eigenvalue weighted by atomic mass is 10.1. The summed E-state index contributed by atoms with van der Waals surface area (Å²) < 4.78 is 23.6. The Balaban J connectivity index is 2.98. The molecule has 1 atom stereocenters. The van der Waals surface area contributed by atoms with Gasteiger partial charge in [0.05, 0.1) is 16.7 Å². The molecule has 0 heterocycles. The second kappa shape index (κ2) is 10.5. The van der Waals surface area contributed by atoms with Gasteiger partial charge in [-0.05, 0) is 42.4 Å². The Morgan fingerprint density at radius 3 is 2.48 bits per heavy atom. The van der Waals surface area contributed by atoms with E-state index in [2.05, 4.69) is 9.99 Å². The molecule has 0 aliphatic carbocycles. The van der Waals surface area contributed by atoms with E-state index in [0.29, 0.717) is 12.2 Å². The highest BCUT2D eigenvalue weighted by molar-refractivity contribution is 8.55. The lowest BCUT2D eigenvalue weighted by molar-refractivity contribution is 0.215. The first-order chi connectivity index (χ1) is 11.0. The van der Waals surface area contributed by atoms with Crippen molar-refractivity contribution >= 4 is 47.6 Å². The average molecular weight is 400 g/mol. The van der Waals surface area contributed by atoms with E-state index >= 15 is 0 Å². The Morgan fingerprint density at radius 2 is 1.96 bits per heavy atom. The monoisotopic (exact) mass is 399 g/mol. The maximum atomic E-state index is 12.7. The van der Waals surface area contributed by atoms with Crippen LogP contribution in [0.1, 0.15) is 25.8 Å². The van der Waals surface area contributed by atoms with Gasteiger partial charge in [0.1, 0.15) is 7.11 Å². The number of nitrogens with zero attached hydrogens (tertiary/aromatic N) is 1. The number of rotatable bonds is 10. The first-order valence-corrected chi connectivity index (χ1v) is 11.0. The van der Waals surface area contributed by atoms with Gasteiger partial charge in [0.2, 0.25) is 0 Å². The third kappa shape index (κ3) is 6.94. The molecule has 1 aromatic rings. The van der Waals surface area contributed by atoms with Crippen LogP contribution in [0.25, 0.3) is 0 Å². The molecule has 0 N–H and O–H groups in total. The zero-order valence-electron chi connectivity index (χ0n) is 13.3. The summed E-state index contributed by atoms with van der Waals surface area (Å²) in [5.74, 6) is 0.819. The molecule has 130 valence electrons. The normalized spacial score (nSPS) is 14.0. The predicted molar refractivity (Wildman–Crippen MR) is 98.3 cm³/mol. The van der Waals surface area contributed by atoms with Crippen molar-refractivity contribution in [1.82, 2.24) is 0 Å². The molecule has 0 aromatic heterocycles. The van der Waals surface area contributed by atoms with Crippen molar-refractivity contribution < 1.29 is 18.5 Å². The zero-order valence-corrected chi connectivity index (χ0v) is 16.5. The van der Waals surface area contributed by atoms with Crippen molar-refractivity contribution in [2.75, 3.05) is 19.5 Å². The Morgan fingerprint density at radius 1 is 1.30 bits per heavy atom. The number of benzene rings is 1. The van der Waals surface area contributed by atoms with Crippen LogP contribution in [-0.2, 0) is 20.3 Å². The zero-order chi connectivity index (χ0) is 17.3. The molecule has 1 aromatic carbocycles. The summed E-state index contributed by atoms with van der Waals surface area (Å²) in [7, 11) is 1.46. The Kier molecular flexibility index (Phi) is 9.40. The van der Waals surface area contributed by atoms with Crippen LogP contribution in [-0.4, -0.2) is 25.7 Å². The summed E-state index contributed by atoms with van der Waals surface area (Å²) in [4.78, 5) is 4.60. The van der Waals surface area contributed by atoms with Gasteiger partial charge < -0.3 is 9.36 Å². The Labute approximate surface area is 150 Å². The quantitative estimate of drug-likeness (QED) is 0.281. The molecule has 23 heavy (non-hydrogen) atoms. The second-order valence-corrected chi connectivity index (χ2v) is 9.29. The van der Waals surface area contributed by atoms with Crippen molar-refractivity contribution in [1.29, 1.82) is 0 Å². The number of hydrogen-bond acceptors (Lipinski definition) is 6. The van der Waals surface area contributed by atoms with Crippen LogP contribution >= 0.6 is 41.4 Å². The largest absolute Gasteiger partial charge is 0.440 e. The maximum Gasteiger partial charge on any atom is 0.440 e. The van der Waals surface area contributed by atoms with Crippen LogP contribution in [0.2, 0.25) is 10.0 Å². The molecule has 1 unspecified atom stereocenters. The van der Waals surface area contributed by atoms with Crippen molar-refractivity contribution in [3.05, 3.63) is 27.7 Å². The molecule has 1 rings (SSSR count). The van der Waals surface area contributed by atoms with Crippen molar-refractivity contribution in [2.45, 2.75) is 26.7 Å². The average Bonchev–Trinajstić information content (AvgIpc) is 2.50. The summed E-state index contributed by atoms with van der Waals surface area (Å²) in [6, 6.07) is 3.37. The molecule has 0 saturated carbocycles. The molecule has 0 fully saturated rings. The van der Waals surface area contributed by atoms with Crippen LogP contribution in [0.15, 0.2) is 17.3 Å². The molecule has 5 nitrogen and oxygen atoms in total. The van der Waals surface area contributed by atoms with E-state index in [1.165, 1.54) is 7.11 Å². The molecular formula is C14H20Cl2NO4PS. The molecule has 0 amide bonds. The SMILES string of the molecule is CCCSP(=O)(OCC)Oc1c(Cl)cc(CC=NOC)cc1Cl. The smallest absolute Gasteiger partial charge is 0.414 e. The molecule has 0 saturated heterocycles. The predicted octanol–water partition coefficient (Wildman–Crippen LogP) is 5.83. The maximum absolute atomic E-state index is 12.7. The highest BCUT2D eigenvalue weighted by Crippen LogP contribution is 2.61. The number of hydrogen-bond donors (Lipinski definition) is 0. The molecule has 9 heteroatoms. The molecule has 0 radical (unpaired) electrons. The molecule has 0 aliphatic heterocycles. The van der Waals surface area contributed by atoms with Crippen molar-refractivity contribution in [2.24, 2.45) is 5.16 Å². The van der Waals surface area contributed by atoms with Crippen molar-refractivity contribution in [3.8, 4) is 5.75 Å². The van der Waals surface area contributed by atoms with Gasteiger partial charge >= 0.3 is 6.80 Å². The van der Waals surface area contributed by atoms with Gasteiger partial charge in [-0.25, -0.2) is 4.57 Å². The summed E-state index contributed by atoms with van der Waals surface area (Å²) >= 11 is 13.6. The molecule has 0 bridgehead atoms. The molecule has 0 spiro atoms. The summed E-state index contributed by atoms with van der Waals surface area (Å²) in [6.07, 6.45) is 2.94. The fraction of sp³-hybridized carbons (Fsp3) is 0.500. The fourth-order valence-corrected chi connectivity index (χ4v) is 5.78. The van der Waals surface area contributed by atoms with E-state index in [-0.39, 0.29) is 22.4 Å². The van der Waals surface area contributed by atoms with Gasteiger partial charge in [0.15, 0.2) is 5.75 Å². The van der Waals surface area contributed by atoms with Crippen molar-refractivity contribution in [3.63, 3.8) is 0 Å². The van der Waals surface area contributed by atoms with Gasteiger partial charge in [-0.1, -0.05) is 35.3 Å². The van der Waals surface area contributed by atoms with E-state index in [9.17, 15) is 4.57 Å². The molecular weight excluding hydrogens is 380 g/mol. The third-order valence-corrected chi connectivity index (χ3v) is 6.99. The lowest BCUT2D eigenvalue weighted by Gasteiger charge is -2.19. The van der Waals surface area contributed by atoms with Gasteiger partial charge in [-0.15, -0.1) is 0 Å². The minimum atomic E-state index is -3.35. The van der Waals surface area contributed by atoms with E-state index in [1.54, 1.807) is 25.3 Å². The minimum Gasteiger partial charge on any atom is -0.414 e. The van der Waals surface area contributed by atoms with Crippen LogP contribution < -0.4 is 4.52 Å². The number of oxime groups is 1. The summed E-state index contributed by atoms with van der Waals surface area (Å²) in [5.41, 5.74) is 0.834. The lowest BCUT2D eigenvalue weighted by Crippen LogP contribution is -1.98. The van der Waals surface area contributed by atoms with Gasteiger partial charge in [0.25, 0.3) is 0 Å². The minimum absolute atomic E-state index is 0.168. The standard InChI is InChI=1S/C14H20Cl2NO4PS/c1-4-8-23-22(18,20-5-2)21-14-12(15)9-11(10-13(14)16)6-7-17-19-3/h7,9-10H,4-6,8H2,1-3H3. The summed E-state index contributed by atoms with van der Waals surface area (Å²) in [6.45, 7) is 0.661. The van der Waals surface area contributed by atoms with Gasteiger partial charge in [-0.2, -0.15) is 0 Å². The highest BCUT2D eigenvalue weighted by Gasteiger charge is 2.28.